The van der Waals surface area contributed by atoms with Gasteiger partial charge in [0.25, 0.3) is 5.91 Å². The predicted octanol–water partition coefficient (Wildman–Crippen LogP) is 2.24. The van der Waals surface area contributed by atoms with E-state index in [2.05, 4.69) is 4.98 Å². The molecule has 2 aromatic rings. The van der Waals surface area contributed by atoms with Gasteiger partial charge < -0.3 is 9.64 Å². The van der Waals surface area contributed by atoms with Crippen LogP contribution in [-0.4, -0.2) is 45.5 Å². The van der Waals surface area contributed by atoms with E-state index in [4.69, 9.17) is 16.3 Å². The van der Waals surface area contributed by atoms with Gasteiger partial charge in [-0.2, -0.15) is 0 Å². The summed E-state index contributed by atoms with van der Waals surface area (Å²) in [6.07, 6.45) is 1.86. The van der Waals surface area contributed by atoms with Crippen LogP contribution in [0.5, 0.6) is 0 Å². The molecule has 1 saturated heterocycles. The highest BCUT2D eigenvalue weighted by Crippen LogP contribution is 2.21. The van der Waals surface area contributed by atoms with Crippen LogP contribution in [0, 0.1) is 0 Å². The normalized spacial score (nSPS) is 23.2. The molecule has 2 atom stereocenters. The molecule has 5 nitrogen and oxygen atoms in total. The molecule has 0 N–H and O–H groups in total. The van der Waals surface area contributed by atoms with Crippen molar-refractivity contribution < 1.29 is 9.53 Å². The number of halogens is 1. The average molecular weight is 294 g/mol. The summed E-state index contributed by atoms with van der Waals surface area (Å²) in [6.45, 7) is 5.07. The van der Waals surface area contributed by atoms with Crippen LogP contribution < -0.4 is 0 Å². The lowest BCUT2D eigenvalue weighted by Crippen LogP contribution is -2.48. The van der Waals surface area contributed by atoms with E-state index in [9.17, 15) is 4.79 Å². The Morgan fingerprint density at radius 2 is 2.05 bits per heavy atom. The number of ether oxygens (including phenoxy) is 1. The molecule has 1 aliphatic rings. The number of carbonyl (C=O) groups is 1. The Kier molecular flexibility index (Phi) is 3.40. The van der Waals surface area contributed by atoms with Gasteiger partial charge in [0.1, 0.15) is 5.65 Å². The fourth-order valence-electron chi connectivity index (χ4n) is 2.65. The summed E-state index contributed by atoms with van der Waals surface area (Å²) in [5.74, 6) is -0.101. The maximum atomic E-state index is 12.7. The second-order valence-corrected chi connectivity index (χ2v) is 5.51. The van der Waals surface area contributed by atoms with Crippen LogP contribution in [0.1, 0.15) is 24.3 Å². The maximum Gasteiger partial charge on any atom is 0.274 e. The first kappa shape index (κ1) is 13.4. The van der Waals surface area contributed by atoms with E-state index in [-0.39, 0.29) is 23.3 Å². The van der Waals surface area contributed by atoms with Gasteiger partial charge in [0.2, 0.25) is 0 Å². The summed E-state index contributed by atoms with van der Waals surface area (Å²) in [5.41, 5.74) is 1.10. The second kappa shape index (κ2) is 5.07. The minimum Gasteiger partial charge on any atom is -0.372 e. The van der Waals surface area contributed by atoms with E-state index in [0.717, 1.165) is 0 Å². The van der Waals surface area contributed by atoms with Crippen molar-refractivity contribution in [1.82, 2.24) is 14.3 Å². The largest absolute Gasteiger partial charge is 0.372 e. The molecule has 1 amide bonds. The first-order valence-corrected chi connectivity index (χ1v) is 7.01. The lowest BCUT2D eigenvalue weighted by atomic mass is 10.2. The summed E-state index contributed by atoms with van der Waals surface area (Å²) in [7, 11) is 0. The highest BCUT2D eigenvalue weighted by Gasteiger charge is 2.29. The van der Waals surface area contributed by atoms with Gasteiger partial charge in [-0.3, -0.25) is 9.20 Å². The summed E-state index contributed by atoms with van der Waals surface area (Å²) in [6, 6.07) is 5.55. The van der Waals surface area contributed by atoms with E-state index in [0.29, 0.717) is 24.4 Å². The molecule has 6 heteroatoms. The SMILES string of the molecule is C[C@@H]1CN(C(=O)c2c(Cl)nc3ccccn23)C[C@H](C)O1. The van der Waals surface area contributed by atoms with Crippen LogP contribution >= 0.6 is 11.6 Å². The highest BCUT2D eigenvalue weighted by atomic mass is 35.5. The fraction of sp³-hybridized carbons (Fsp3) is 0.429. The minimum atomic E-state index is -0.101. The maximum absolute atomic E-state index is 12.7. The lowest BCUT2D eigenvalue weighted by molar-refractivity contribution is -0.0587. The van der Waals surface area contributed by atoms with Crippen LogP contribution in [0.4, 0.5) is 0 Å². The average Bonchev–Trinajstić information content (AvgIpc) is 2.72. The van der Waals surface area contributed by atoms with Gasteiger partial charge in [0.15, 0.2) is 10.8 Å². The molecule has 20 heavy (non-hydrogen) atoms. The number of rotatable bonds is 1. The topological polar surface area (TPSA) is 46.8 Å². The predicted molar refractivity (Wildman–Crippen MR) is 76.1 cm³/mol. The molecule has 1 fully saturated rings. The minimum absolute atomic E-state index is 0.0284. The van der Waals surface area contributed by atoms with Crippen LogP contribution in [0.3, 0.4) is 0 Å². The van der Waals surface area contributed by atoms with Crippen molar-refractivity contribution in [3.8, 4) is 0 Å². The molecular weight excluding hydrogens is 278 g/mol. The molecule has 106 valence electrons. The Morgan fingerprint density at radius 3 is 2.75 bits per heavy atom. The number of aromatic nitrogens is 2. The third kappa shape index (κ3) is 2.27. The van der Waals surface area contributed by atoms with Crippen molar-refractivity contribution in [1.29, 1.82) is 0 Å². The number of morpholine rings is 1. The third-order valence-electron chi connectivity index (χ3n) is 3.40. The van der Waals surface area contributed by atoms with E-state index < -0.39 is 0 Å². The van der Waals surface area contributed by atoms with E-state index in [1.807, 2.05) is 32.0 Å². The molecule has 0 aromatic carbocycles. The Labute approximate surface area is 122 Å². The zero-order chi connectivity index (χ0) is 14.3. The number of carbonyl (C=O) groups excluding carboxylic acids is 1. The Hall–Kier alpha value is -1.59. The Balaban J connectivity index is 1.98. The van der Waals surface area contributed by atoms with Crippen molar-refractivity contribution in [3.05, 3.63) is 35.2 Å². The van der Waals surface area contributed by atoms with Crippen LogP contribution in [0.2, 0.25) is 5.15 Å². The number of imidazole rings is 1. The van der Waals surface area contributed by atoms with Gasteiger partial charge in [0.05, 0.1) is 12.2 Å². The Morgan fingerprint density at radius 1 is 1.35 bits per heavy atom. The van der Waals surface area contributed by atoms with Crippen molar-refractivity contribution >= 4 is 23.2 Å². The molecule has 0 radical (unpaired) electrons. The standard InChI is InChI=1S/C14H16ClN3O2/c1-9-7-17(8-10(2)20-9)14(19)12-13(15)16-11-5-3-4-6-18(11)12/h3-6,9-10H,7-8H2,1-2H3/t9-,10+. The number of fused-ring (bicyclic) bond motifs is 1. The summed E-state index contributed by atoms with van der Waals surface area (Å²) in [5, 5.41) is 0.244. The van der Waals surface area contributed by atoms with Crippen molar-refractivity contribution in [2.75, 3.05) is 13.1 Å². The van der Waals surface area contributed by atoms with E-state index in [1.165, 1.54) is 0 Å². The monoisotopic (exact) mass is 293 g/mol. The smallest absolute Gasteiger partial charge is 0.274 e. The van der Waals surface area contributed by atoms with Crippen molar-refractivity contribution in [2.45, 2.75) is 26.1 Å². The van der Waals surface area contributed by atoms with Crippen LogP contribution in [0.25, 0.3) is 5.65 Å². The van der Waals surface area contributed by atoms with Gasteiger partial charge in [0, 0.05) is 19.3 Å². The zero-order valence-corrected chi connectivity index (χ0v) is 12.2. The fourth-order valence-corrected chi connectivity index (χ4v) is 2.91. The van der Waals surface area contributed by atoms with E-state index in [1.54, 1.807) is 15.5 Å². The number of amides is 1. The molecule has 0 unspecified atom stereocenters. The number of hydrogen-bond donors (Lipinski definition) is 0. The molecule has 0 bridgehead atoms. The molecule has 3 heterocycles. The zero-order valence-electron chi connectivity index (χ0n) is 11.4. The van der Waals surface area contributed by atoms with Crippen LogP contribution in [0.15, 0.2) is 24.4 Å². The molecule has 0 saturated carbocycles. The lowest BCUT2D eigenvalue weighted by Gasteiger charge is -2.35. The number of nitrogens with zero attached hydrogens (tertiary/aromatic N) is 3. The quantitative estimate of drug-likeness (QED) is 0.810. The molecular formula is C14H16ClN3O2. The van der Waals surface area contributed by atoms with Gasteiger partial charge in [-0.1, -0.05) is 17.7 Å². The van der Waals surface area contributed by atoms with Gasteiger partial charge in [-0.05, 0) is 26.0 Å². The molecule has 0 spiro atoms. The first-order valence-electron chi connectivity index (χ1n) is 6.63. The van der Waals surface area contributed by atoms with Crippen LogP contribution in [-0.2, 0) is 4.74 Å². The molecule has 1 aliphatic heterocycles. The highest BCUT2D eigenvalue weighted by molar-refractivity contribution is 6.32. The molecule has 2 aromatic heterocycles. The second-order valence-electron chi connectivity index (χ2n) is 5.15. The van der Waals surface area contributed by atoms with Gasteiger partial charge in [-0.25, -0.2) is 4.98 Å². The van der Waals surface area contributed by atoms with Gasteiger partial charge >= 0.3 is 0 Å². The van der Waals surface area contributed by atoms with E-state index >= 15 is 0 Å². The third-order valence-corrected chi connectivity index (χ3v) is 3.66. The first-order chi connectivity index (χ1) is 9.56. The summed E-state index contributed by atoms with van der Waals surface area (Å²) in [4.78, 5) is 18.7. The summed E-state index contributed by atoms with van der Waals surface area (Å²) >= 11 is 6.14. The number of hydrogen-bond acceptors (Lipinski definition) is 3. The van der Waals surface area contributed by atoms with Gasteiger partial charge in [-0.15, -0.1) is 0 Å². The van der Waals surface area contributed by atoms with Crippen molar-refractivity contribution in [3.63, 3.8) is 0 Å². The molecule has 3 rings (SSSR count). The summed E-state index contributed by atoms with van der Waals surface area (Å²) < 4.78 is 7.38. The number of pyridine rings is 1. The molecule has 0 aliphatic carbocycles. The van der Waals surface area contributed by atoms with Crippen molar-refractivity contribution in [2.24, 2.45) is 0 Å². The Bertz CT molecular complexity index is 645.